The molecule has 0 aromatic carbocycles. The number of nitrogens with zero attached hydrogens (tertiary/aromatic N) is 2. The largest absolute Gasteiger partial charge is 0.368 e. The first kappa shape index (κ1) is 9.32. The van der Waals surface area contributed by atoms with E-state index in [-0.39, 0.29) is 4.75 Å². The van der Waals surface area contributed by atoms with Crippen molar-refractivity contribution in [1.82, 2.24) is 9.97 Å². The van der Waals surface area contributed by atoms with Crippen LogP contribution in [0.25, 0.3) is 0 Å². The fourth-order valence-electron chi connectivity index (χ4n) is 0.732. The third-order valence-electron chi connectivity index (χ3n) is 1.07. The van der Waals surface area contributed by atoms with Crippen molar-refractivity contribution in [2.45, 2.75) is 30.4 Å². The Bertz CT molecular complexity index is 250. The van der Waals surface area contributed by atoms with Gasteiger partial charge in [-0.1, -0.05) is 20.8 Å². The number of rotatable bonds is 1. The van der Waals surface area contributed by atoms with Gasteiger partial charge in [0.1, 0.15) is 0 Å². The van der Waals surface area contributed by atoms with Crippen LogP contribution in [-0.4, -0.2) is 14.7 Å². The average molecular weight is 183 g/mol. The van der Waals surface area contributed by atoms with E-state index in [1.165, 1.54) is 0 Å². The van der Waals surface area contributed by atoms with Gasteiger partial charge >= 0.3 is 0 Å². The molecule has 3 nitrogen and oxygen atoms in total. The van der Waals surface area contributed by atoms with Gasteiger partial charge in [-0.25, -0.2) is 9.97 Å². The van der Waals surface area contributed by atoms with E-state index in [9.17, 15) is 0 Å². The SMILES string of the molecule is CC(C)(C)Sc1cnc(N)nc1. The molecule has 0 amide bonds. The van der Waals surface area contributed by atoms with E-state index in [4.69, 9.17) is 5.73 Å². The van der Waals surface area contributed by atoms with Gasteiger partial charge < -0.3 is 5.73 Å². The predicted octanol–water partition coefficient (Wildman–Crippen LogP) is 1.95. The maximum Gasteiger partial charge on any atom is 0.219 e. The molecule has 0 aliphatic carbocycles. The van der Waals surface area contributed by atoms with Crippen LogP contribution in [0.15, 0.2) is 17.3 Å². The second-order valence-corrected chi connectivity index (χ2v) is 5.39. The van der Waals surface area contributed by atoms with E-state index in [0.717, 1.165) is 4.90 Å². The number of hydrogen-bond acceptors (Lipinski definition) is 4. The van der Waals surface area contributed by atoms with Crippen molar-refractivity contribution in [1.29, 1.82) is 0 Å². The molecule has 12 heavy (non-hydrogen) atoms. The van der Waals surface area contributed by atoms with Crippen molar-refractivity contribution in [3.05, 3.63) is 12.4 Å². The molecule has 4 heteroatoms. The number of nitrogen functional groups attached to an aromatic ring is 1. The van der Waals surface area contributed by atoms with Crippen molar-refractivity contribution in [2.24, 2.45) is 0 Å². The van der Waals surface area contributed by atoms with E-state index in [2.05, 4.69) is 30.7 Å². The number of thioether (sulfide) groups is 1. The van der Waals surface area contributed by atoms with Crippen LogP contribution >= 0.6 is 11.8 Å². The van der Waals surface area contributed by atoms with Crippen molar-refractivity contribution in [3.63, 3.8) is 0 Å². The zero-order chi connectivity index (χ0) is 9.19. The molecule has 0 saturated heterocycles. The Morgan fingerprint density at radius 2 is 1.75 bits per heavy atom. The van der Waals surface area contributed by atoms with E-state index in [0.29, 0.717) is 5.95 Å². The van der Waals surface area contributed by atoms with Crippen LogP contribution in [0.5, 0.6) is 0 Å². The van der Waals surface area contributed by atoms with Crippen molar-refractivity contribution in [3.8, 4) is 0 Å². The monoisotopic (exact) mass is 183 g/mol. The molecule has 0 bridgehead atoms. The normalized spacial score (nSPS) is 11.6. The number of nitrogens with two attached hydrogens (primary N) is 1. The summed E-state index contributed by atoms with van der Waals surface area (Å²) in [6, 6.07) is 0. The van der Waals surface area contributed by atoms with Crippen molar-refractivity contribution >= 4 is 17.7 Å². The van der Waals surface area contributed by atoms with Gasteiger partial charge in [-0.15, -0.1) is 11.8 Å². The first-order valence-corrected chi connectivity index (χ1v) is 4.55. The van der Waals surface area contributed by atoms with E-state index >= 15 is 0 Å². The van der Waals surface area contributed by atoms with Gasteiger partial charge in [0.15, 0.2) is 0 Å². The van der Waals surface area contributed by atoms with Crippen LogP contribution in [-0.2, 0) is 0 Å². The molecular formula is C8H13N3S. The average Bonchev–Trinajstić information content (AvgIpc) is 1.91. The molecule has 2 N–H and O–H groups in total. The van der Waals surface area contributed by atoms with Crippen LogP contribution in [0.1, 0.15) is 20.8 Å². The van der Waals surface area contributed by atoms with Crippen molar-refractivity contribution in [2.75, 3.05) is 5.73 Å². The molecule has 1 aromatic rings. The second-order valence-electron chi connectivity index (χ2n) is 3.49. The molecule has 0 atom stereocenters. The minimum absolute atomic E-state index is 0.194. The summed E-state index contributed by atoms with van der Waals surface area (Å²) in [5.41, 5.74) is 5.36. The third kappa shape index (κ3) is 3.09. The first-order chi connectivity index (χ1) is 5.47. The highest BCUT2D eigenvalue weighted by atomic mass is 32.2. The standard InChI is InChI=1S/C8H13N3S/c1-8(2,3)12-6-4-10-7(9)11-5-6/h4-5H,1-3H3,(H2,9,10,11). The van der Waals surface area contributed by atoms with E-state index in [1.54, 1.807) is 24.2 Å². The van der Waals surface area contributed by atoms with E-state index in [1.807, 2.05) is 0 Å². The Morgan fingerprint density at radius 1 is 1.25 bits per heavy atom. The van der Waals surface area contributed by atoms with Crippen LogP contribution in [0.3, 0.4) is 0 Å². The van der Waals surface area contributed by atoms with Crippen LogP contribution in [0.2, 0.25) is 0 Å². The summed E-state index contributed by atoms with van der Waals surface area (Å²) >= 11 is 1.73. The lowest BCUT2D eigenvalue weighted by Gasteiger charge is -2.16. The Hall–Kier alpha value is -0.770. The van der Waals surface area contributed by atoms with Gasteiger partial charge in [-0.05, 0) is 0 Å². The first-order valence-electron chi connectivity index (χ1n) is 3.74. The zero-order valence-electron chi connectivity index (χ0n) is 7.53. The summed E-state index contributed by atoms with van der Waals surface area (Å²) in [4.78, 5) is 8.87. The molecule has 0 aliphatic heterocycles. The number of aromatic nitrogens is 2. The summed E-state index contributed by atoms with van der Waals surface area (Å²) in [7, 11) is 0. The van der Waals surface area contributed by atoms with Gasteiger partial charge in [0.25, 0.3) is 0 Å². The smallest absolute Gasteiger partial charge is 0.219 e. The fraction of sp³-hybridized carbons (Fsp3) is 0.500. The van der Waals surface area contributed by atoms with E-state index < -0.39 is 0 Å². The summed E-state index contributed by atoms with van der Waals surface area (Å²) in [5, 5.41) is 0. The van der Waals surface area contributed by atoms with Crippen LogP contribution < -0.4 is 5.73 Å². The van der Waals surface area contributed by atoms with Crippen molar-refractivity contribution < 1.29 is 0 Å². The molecule has 66 valence electrons. The Labute approximate surface area is 76.8 Å². The maximum absolute atomic E-state index is 5.36. The van der Waals surface area contributed by atoms with Crippen LogP contribution in [0, 0.1) is 0 Å². The molecule has 0 unspecified atom stereocenters. The Balaban J connectivity index is 2.71. The topological polar surface area (TPSA) is 51.8 Å². The lowest BCUT2D eigenvalue weighted by Crippen LogP contribution is -2.07. The summed E-state index contributed by atoms with van der Waals surface area (Å²) in [6.45, 7) is 6.44. The molecule has 0 radical (unpaired) electrons. The molecule has 1 aromatic heterocycles. The minimum Gasteiger partial charge on any atom is -0.368 e. The van der Waals surface area contributed by atoms with Gasteiger partial charge in [-0.2, -0.15) is 0 Å². The number of hydrogen-bond donors (Lipinski definition) is 1. The van der Waals surface area contributed by atoms with Gasteiger partial charge in [-0.3, -0.25) is 0 Å². The van der Waals surface area contributed by atoms with Gasteiger partial charge in [0.2, 0.25) is 5.95 Å². The second kappa shape index (κ2) is 3.31. The molecule has 0 aliphatic rings. The highest BCUT2D eigenvalue weighted by molar-refractivity contribution is 8.00. The minimum atomic E-state index is 0.194. The molecule has 0 fully saturated rings. The fourth-order valence-corrected chi connectivity index (χ4v) is 1.65. The molecule has 0 spiro atoms. The Kier molecular flexibility index (Phi) is 2.57. The lowest BCUT2D eigenvalue weighted by molar-refractivity contribution is 0.801. The number of anilines is 1. The quantitative estimate of drug-likeness (QED) is 0.676. The zero-order valence-corrected chi connectivity index (χ0v) is 8.35. The molecule has 1 heterocycles. The summed E-state index contributed by atoms with van der Waals surface area (Å²) in [5.74, 6) is 0.327. The predicted molar refractivity (Wildman–Crippen MR) is 52.1 cm³/mol. The highest BCUT2D eigenvalue weighted by Crippen LogP contribution is 2.30. The van der Waals surface area contributed by atoms with Gasteiger partial charge in [0.05, 0.1) is 0 Å². The lowest BCUT2D eigenvalue weighted by atomic mass is 10.3. The molecule has 1 rings (SSSR count). The highest BCUT2D eigenvalue weighted by Gasteiger charge is 2.11. The molecule has 0 saturated carbocycles. The third-order valence-corrected chi connectivity index (χ3v) is 2.13. The Morgan fingerprint density at radius 3 is 2.17 bits per heavy atom. The summed E-state index contributed by atoms with van der Waals surface area (Å²) < 4.78 is 0.194. The summed E-state index contributed by atoms with van der Waals surface area (Å²) in [6.07, 6.45) is 3.50. The van der Waals surface area contributed by atoms with Gasteiger partial charge in [0, 0.05) is 22.0 Å². The maximum atomic E-state index is 5.36. The molecular weight excluding hydrogens is 170 g/mol. The van der Waals surface area contributed by atoms with Crippen LogP contribution in [0.4, 0.5) is 5.95 Å².